The number of amides is 2. The molecule has 2 amide bonds. The Hall–Kier alpha value is -1.18. The Morgan fingerprint density at radius 3 is 2.68 bits per heavy atom. The molecule has 0 spiro atoms. The highest BCUT2D eigenvalue weighted by Gasteiger charge is 2.02. The standard InChI is InChI=1S/C15H17BrN2O2S2/c1-20-12-4-2-11(3-5-12)18-15(19)17-8-9-21-10-13-6-7-14(16)22-13/h2-7H,8-10H2,1H3,(H2,17,18,19). The third-order valence-electron chi connectivity index (χ3n) is 2.75. The Kier molecular flexibility index (Phi) is 7.08. The van der Waals surface area contributed by atoms with Crippen molar-refractivity contribution in [1.82, 2.24) is 5.32 Å². The summed E-state index contributed by atoms with van der Waals surface area (Å²) in [7, 11) is 1.61. The number of urea groups is 1. The van der Waals surface area contributed by atoms with E-state index >= 15 is 0 Å². The van der Waals surface area contributed by atoms with E-state index in [-0.39, 0.29) is 6.03 Å². The highest BCUT2D eigenvalue weighted by molar-refractivity contribution is 9.11. The van der Waals surface area contributed by atoms with Crippen LogP contribution in [0.2, 0.25) is 0 Å². The van der Waals surface area contributed by atoms with Crippen molar-refractivity contribution in [2.75, 3.05) is 24.7 Å². The van der Waals surface area contributed by atoms with Crippen molar-refractivity contribution in [1.29, 1.82) is 0 Å². The fourth-order valence-corrected chi connectivity index (χ4v) is 4.14. The molecule has 0 aliphatic heterocycles. The molecule has 2 aromatic rings. The third-order valence-corrected chi connectivity index (χ3v) is 5.57. The van der Waals surface area contributed by atoms with Gasteiger partial charge in [-0.3, -0.25) is 0 Å². The molecule has 0 fully saturated rings. The average molecular weight is 401 g/mol. The lowest BCUT2D eigenvalue weighted by molar-refractivity contribution is 0.252. The molecule has 1 aromatic heterocycles. The van der Waals surface area contributed by atoms with Crippen molar-refractivity contribution >= 4 is 50.7 Å². The fourth-order valence-electron chi connectivity index (χ4n) is 1.69. The van der Waals surface area contributed by atoms with Crippen LogP contribution in [0.3, 0.4) is 0 Å². The van der Waals surface area contributed by atoms with Gasteiger partial charge >= 0.3 is 6.03 Å². The molecule has 0 atom stereocenters. The third kappa shape index (κ3) is 5.90. The van der Waals surface area contributed by atoms with Gasteiger partial charge in [0.15, 0.2) is 0 Å². The molecule has 0 unspecified atom stereocenters. The zero-order chi connectivity index (χ0) is 15.8. The van der Waals surface area contributed by atoms with Crippen LogP contribution in [-0.2, 0) is 5.75 Å². The summed E-state index contributed by atoms with van der Waals surface area (Å²) in [4.78, 5) is 13.1. The molecule has 4 nitrogen and oxygen atoms in total. The second-order valence-electron chi connectivity index (χ2n) is 4.37. The van der Waals surface area contributed by atoms with Crippen LogP contribution in [0.4, 0.5) is 10.5 Å². The van der Waals surface area contributed by atoms with Gasteiger partial charge in [0.25, 0.3) is 0 Å². The van der Waals surface area contributed by atoms with Gasteiger partial charge in [-0.25, -0.2) is 4.79 Å². The van der Waals surface area contributed by atoms with Gasteiger partial charge in [-0.15, -0.1) is 11.3 Å². The number of anilines is 1. The minimum Gasteiger partial charge on any atom is -0.497 e. The smallest absolute Gasteiger partial charge is 0.319 e. The quantitative estimate of drug-likeness (QED) is 0.668. The SMILES string of the molecule is COc1ccc(NC(=O)NCCSCc2ccc(Br)s2)cc1. The molecule has 2 rings (SSSR count). The number of thiophene rings is 1. The van der Waals surface area contributed by atoms with Gasteiger partial charge < -0.3 is 15.4 Å². The van der Waals surface area contributed by atoms with Crippen molar-refractivity contribution in [2.24, 2.45) is 0 Å². The second kappa shape index (κ2) is 9.07. The first-order valence-electron chi connectivity index (χ1n) is 6.68. The minimum absolute atomic E-state index is 0.190. The number of hydrogen-bond acceptors (Lipinski definition) is 4. The van der Waals surface area contributed by atoms with Gasteiger partial charge in [-0.2, -0.15) is 11.8 Å². The topological polar surface area (TPSA) is 50.4 Å². The van der Waals surface area contributed by atoms with E-state index in [1.807, 2.05) is 24.3 Å². The summed E-state index contributed by atoms with van der Waals surface area (Å²) in [6, 6.07) is 11.2. The highest BCUT2D eigenvalue weighted by atomic mass is 79.9. The first-order chi connectivity index (χ1) is 10.7. The summed E-state index contributed by atoms with van der Waals surface area (Å²) in [5.41, 5.74) is 0.745. The van der Waals surface area contributed by atoms with E-state index in [2.05, 4.69) is 38.7 Å². The molecule has 2 N–H and O–H groups in total. The largest absolute Gasteiger partial charge is 0.497 e. The van der Waals surface area contributed by atoms with Crippen LogP contribution in [0.15, 0.2) is 40.2 Å². The van der Waals surface area contributed by atoms with Crippen molar-refractivity contribution in [3.8, 4) is 5.75 Å². The van der Waals surface area contributed by atoms with Gasteiger partial charge in [0.05, 0.1) is 10.9 Å². The molecule has 0 aliphatic carbocycles. The minimum atomic E-state index is -0.190. The van der Waals surface area contributed by atoms with E-state index in [0.717, 1.165) is 26.7 Å². The first kappa shape index (κ1) is 17.2. The van der Waals surface area contributed by atoms with Gasteiger partial charge in [-0.05, 0) is 52.3 Å². The molecule has 0 bridgehead atoms. The van der Waals surface area contributed by atoms with Crippen molar-refractivity contribution in [2.45, 2.75) is 5.75 Å². The lowest BCUT2D eigenvalue weighted by atomic mass is 10.3. The zero-order valence-electron chi connectivity index (χ0n) is 12.1. The number of ether oxygens (including phenoxy) is 1. The Balaban J connectivity index is 1.61. The summed E-state index contributed by atoms with van der Waals surface area (Å²) < 4.78 is 6.22. The van der Waals surface area contributed by atoms with Crippen LogP contribution >= 0.6 is 39.0 Å². The molecule has 0 saturated heterocycles. The van der Waals surface area contributed by atoms with E-state index in [4.69, 9.17) is 4.74 Å². The molecular weight excluding hydrogens is 384 g/mol. The molecule has 0 aliphatic rings. The highest BCUT2D eigenvalue weighted by Crippen LogP contribution is 2.25. The maximum Gasteiger partial charge on any atom is 0.319 e. The van der Waals surface area contributed by atoms with Gasteiger partial charge in [-0.1, -0.05) is 0 Å². The van der Waals surface area contributed by atoms with E-state index in [9.17, 15) is 4.79 Å². The number of thioether (sulfide) groups is 1. The number of hydrogen-bond donors (Lipinski definition) is 2. The molecule has 1 heterocycles. The van der Waals surface area contributed by atoms with Crippen LogP contribution in [0.25, 0.3) is 0 Å². The predicted molar refractivity (Wildman–Crippen MR) is 98.2 cm³/mol. The van der Waals surface area contributed by atoms with Crippen molar-refractivity contribution in [3.63, 3.8) is 0 Å². The van der Waals surface area contributed by atoms with Crippen LogP contribution in [-0.4, -0.2) is 25.4 Å². The Labute approximate surface area is 146 Å². The normalized spacial score (nSPS) is 10.3. The summed E-state index contributed by atoms with van der Waals surface area (Å²) in [6.45, 7) is 0.638. The average Bonchev–Trinajstić information content (AvgIpc) is 2.93. The zero-order valence-corrected chi connectivity index (χ0v) is 15.3. The van der Waals surface area contributed by atoms with E-state index < -0.39 is 0 Å². The second-order valence-corrected chi connectivity index (χ2v) is 8.02. The Morgan fingerprint density at radius 1 is 1.27 bits per heavy atom. The Bertz CT molecular complexity index is 602. The summed E-state index contributed by atoms with van der Waals surface area (Å²) in [5, 5.41) is 5.63. The molecule has 0 radical (unpaired) electrons. The number of rotatable bonds is 7. The number of carbonyl (C=O) groups is 1. The summed E-state index contributed by atoms with van der Waals surface area (Å²) in [6.07, 6.45) is 0. The number of nitrogens with one attached hydrogen (secondary N) is 2. The Morgan fingerprint density at radius 2 is 2.05 bits per heavy atom. The monoisotopic (exact) mass is 400 g/mol. The molecule has 1 aromatic carbocycles. The molecule has 118 valence electrons. The molecule has 22 heavy (non-hydrogen) atoms. The summed E-state index contributed by atoms with van der Waals surface area (Å²) >= 11 is 7.00. The lowest BCUT2D eigenvalue weighted by Gasteiger charge is -2.08. The van der Waals surface area contributed by atoms with Crippen LogP contribution in [0.1, 0.15) is 4.88 Å². The van der Waals surface area contributed by atoms with Crippen LogP contribution in [0, 0.1) is 0 Å². The molecule has 7 heteroatoms. The van der Waals surface area contributed by atoms with Gasteiger partial charge in [0, 0.05) is 28.6 Å². The molecule has 0 saturated carbocycles. The van der Waals surface area contributed by atoms with Gasteiger partial charge in [0.2, 0.25) is 0 Å². The van der Waals surface area contributed by atoms with E-state index in [1.165, 1.54) is 4.88 Å². The number of benzene rings is 1. The maximum absolute atomic E-state index is 11.7. The number of carbonyl (C=O) groups excluding carboxylic acids is 1. The summed E-state index contributed by atoms with van der Waals surface area (Å²) in [5.74, 6) is 2.62. The van der Waals surface area contributed by atoms with Crippen molar-refractivity contribution in [3.05, 3.63) is 45.1 Å². The fraction of sp³-hybridized carbons (Fsp3) is 0.267. The van der Waals surface area contributed by atoms with Gasteiger partial charge in [0.1, 0.15) is 5.75 Å². The molecular formula is C15H17BrN2O2S2. The lowest BCUT2D eigenvalue weighted by Crippen LogP contribution is -2.30. The van der Waals surface area contributed by atoms with Crippen LogP contribution in [0.5, 0.6) is 5.75 Å². The predicted octanol–water partition coefficient (Wildman–Crippen LogP) is 4.57. The van der Waals surface area contributed by atoms with Crippen molar-refractivity contribution < 1.29 is 9.53 Å². The number of methoxy groups -OCH3 is 1. The number of halogens is 1. The van der Waals surface area contributed by atoms with E-state index in [0.29, 0.717) is 6.54 Å². The first-order valence-corrected chi connectivity index (χ1v) is 9.44. The van der Waals surface area contributed by atoms with E-state index in [1.54, 1.807) is 30.2 Å². The van der Waals surface area contributed by atoms with Crippen LogP contribution < -0.4 is 15.4 Å². The maximum atomic E-state index is 11.7.